The van der Waals surface area contributed by atoms with Crippen LogP contribution in [-0.4, -0.2) is 17.3 Å². The molecule has 3 rings (SSSR count). The maximum Gasteiger partial charge on any atom is 0.230 e. The molecule has 1 unspecified atom stereocenters. The summed E-state index contributed by atoms with van der Waals surface area (Å²) in [6.07, 6.45) is 10.4. The first-order chi connectivity index (χ1) is 11.2. The second-order valence-corrected chi connectivity index (χ2v) is 8.42. The van der Waals surface area contributed by atoms with Crippen LogP contribution in [0.2, 0.25) is 0 Å². The molecule has 1 heterocycles. The summed E-state index contributed by atoms with van der Waals surface area (Å²) in [7, 11) is 0. The number of halogens is 1. The maximum atomic E-state index is 12.8. The lowest BCUT2D eigenvalue weighted by atomic mass is 9.88. The molecule has 1 aliphatic carbocycles. The average molecular weight is 378 g/mol. The van der Waals surface area contributed by atoms with E-state index in [9.17, 15) is 4.79 Å². The molecule has 0 spiro atoms. The highest BCUT2D eigenvalue weighted by molar-refractivity contribution is 9.09. The standard InChI is InChI=1S/C20H28BrNO/c1-2-6-18(21)14-15-9-10-19-17(13-15)11-12-22(19)20(23)16-7-4-3-5-8-16/h9-10,13,16,18H,2-8,11-12,14H2,1H3. The number of benzene rings is 1. The molecular weight excluding hydrogens is 350 g/mol. The Morgan fingerprint density at radius 2 is 2.09 bits per heavy atom. The SMILES string of the molecule is CCCC(Br)Cc1ccc2c(c1)CCN2C(=O)C1CCCCC1. The van der Waals surface area contributed by atoms with Crippen molar-refractivity contribution in [3.8, 4) is 0 Å². The second-order valence-electron chi connectivity index (χ2n) is 7.13. The fourth-order valence-corrected chi connectivity index (χ4v) is 4.88. The zero-order valence-corrected chi connectivity index (χ0v) is 15.8. The van der Waals surface area contributed by atoms with E-state index in [1.165, 1.54) is 48.9 Å². The minimum Gasteiger partial charge on any atom is -0.312 e. The summed E-state index contributed by atoms with van der Waals surface area (Å²) >= 11 is 3.78. The van der Waals surface area contributed by atoms with Crippen molar-refractivity contribution in [3.05, 3.63) is 29.3 Å². The number of amides is 1. The van der Waals surface area contributed by atoms with Gasteiger partial charge in [-0.05, 0) is 49.3 Å². The third-order valence-electron chi connectivity index (χ3n) is 5.32. The largest absolute Gasteiger partial charge is 0.312 e. The third kappa shape index (κ3) is 3.99. The molecule has 0 bridgehead atoms. The normalized spacial score (nSPS) is 19.7. The van der Waals surface area contributed by atoms with E-state index in [0.717, 1.165) is 32.2 Å². The van der Waals surface area contributed by atoms with Crippen molar-refractivity contribution < 1.29 is 4.79 Å². The Kier molecular flexibility index (Phi) is 5.79. The van der Waals surface area contributed by atoms with E-state index in [1.807, 2.05) is 0 Å². The van der Waals surface area contributed by atoms with Crippen LogP contribution in [-0.2, 0) is 17.6 Å². The highest BCUT2D eigenvalue weighted by Gasteiger charge is 2.30. The molecule has 1 amide bonds. The molecular formula is C20H28BrNO. The molecule has 0 aromatic heterocycles. The van der Waals surface area contributed by atoms with Gasteiger partial charge in [-0.2, -0.15) is 0 Å². The summed E-state index contributed by atoms with van der Waals surface area (Å²) in [6, 6.07) is 6.73. The Hall–Kier alpha value is -0.830. The van der Waals surface area contributed by atoms with Crippen LogP contribution in [0.3, 0.4) is 0 Å². The lowest BCUT2D eigenvalue weighted by Crippen LogP contribution is -2.35. The van der Waals surface area contributed by atoms with Crippen LogP contribution >= 0.6 is 15.9 Å². The lowest BCUT2D eigenvalue weighted by Gasteiger charge is -2.26. The number of hydrogen-bond donors (Lipinski definition) is 0. The smallest absolute Gasteiger partial charge is 0.230 e. The molecule has 1 saturated carbocycles. The predicted octanol–water partition coefficient (Wildman–Crippen LogP) is 5.26. The van der Waals surface area contributed by atoms with E-state index in [0.29, 0.717) is 10.7 Å². The van der Waals surface area contributed by atoms with Gasteiger partial charge in [0.1, 0.15) is 0 Å². The summed E-state index contributed by atoms with van der Waals surface area (Å²) in [5.41, 5.74) is 3.93. The number of hydrogen-bond acceptors (Lipinski definition) is 1. The number of fused-ring (bicyclic) bond motifs is 1. The average Bonchev–Trinajstić information content (AvgIpc) is 2.98. The molecule has 1 aliphatic heterocycles. The van der Waals surface area contributed by atoms with E-state index < -0.39 is 0 Å². The predicted molar refractivity (Wildman–Crippen MR) is 100 cm³/mol. The second kappa shape index (κ2) is 7.83. The van der Waals surface area contributed by atoms with Crippen molar-refractivity contribution in [1.29, 1.82) is 0 Å². The van der Waals surface area contributed by atoms with E-state index in [1.54, 1.807) is 0 Å². The van der Waals surface area contributed by atoms with Crippen LogP contribution in [0.5, 0.6) is 0 Å². The van der Waals surface area contributed by atoms with Crippen LogP contribution in [0.4, 0.5) is 5.69 Å². The fourth-order valence-electron chi connectivity index (χ4n) is 4.05. The minimum atomic E-state index is 0.269. The number of alkyl halides is 1. The van der Waals surface area contributed by atoms with Gasteiger partial charge >= 0.3 is 0 Å². The monoisotopic (exact) mass is 377 g/mol. The summed E-state index contributed by atoms with van der Waals surface area (Å²) in [5, 5.41) is 0. The zero-order chi connectivity index (χ0) is 16.2. The summed E-state index contributed by atoms with van der Waals surface area (Å²) in [5.74, 6) is 0.645. The molecule has 1 aromatic carbocycles. The summed E-state index contributed by atoms with van der Waals surface area (Å²) in [6.45, 7) is 3.10. The third-order valence-corrected chi connectivity index (χ3v) is 6.10. The van der Waals surface area contributed by atoms with Crippen molar-refractivity contribution in [3.63, 3.8) is 0 Å². The van der Waals surface area contributed by atoms with Gasteiger partial charge in [0.15, 0.2) is 0 Å². The molecule has 1 atom stereocenters. The van der Waals surface area contributed by atoms with Gasteiger partial charge in [-0.3, -0.25) is 4.79 Å². The Balaban J connectivity index is 1.69. The Labute approximate surface area is 148 Å². The van der Waals surface area contributed by atoms with Crippen molar-refractivity contribution in [2.24, 2.45) is 5.92 Å². The van der Waals surface area contributed by atoms with E-state index in [-0.39, 0.29) is 5.92 Å². The van der Waals surface area contributed by atoms with E-state index >= 15 is 0 Å². The molecule has 126 valence electrons. The van der Waals surface area contributed by atoms with Gasteiger partial charge in [0.05, 0.1) is 0 Å². The topological polar surface area (TPSA) is 20.3 Å². The Morgan fingerprint density at radius 1 is 1.30 bits per heavy atom. The summed E-state index contributed by atoms with van der Waals surface area (Å²) in [4.78, 5) is 15.5. The van der Waals surface area contributed by atoms with E-state index in [4.69, 9.17) is 0 Å². The lowest BCUT2D eigenvalue weighted by molar-refractivity contribution is -0.123. The van der Waals surface area contributed by atoms with Gasteiger partial charge < -0.3 is 4.90 Å². The van der Waals surface area contributed by atoms with Gasteiger partial charge in [0.25, 0.3) is 0 Å². The van der Waals surface area contributed by atoms with Crippen molar-refractivity contribution >= 4 is 27.5 Å². The quantitative estimate of drug-likeness (QED) is 0.640. The number of nitrogens with zero attached hydrogens (tertiary/aromatic N) is 1. The van der Waals surface area contributed by atoms with Crippen molar-refractivity contribution in [2.45, 2.75) is 69.5 Å². The van der Waals surface area contributed by atoms with Crippen molar-refractivity contribution in [2.75, 3.05) is 11.4 Å². The molecule has 2 nitrogen and oxygen atoms in total. The highest BCUT2D eigenvalue weighted by atomic mass is 79.9. The molecule has 2 aliphatic rings. The number of anilines is 1. The Morgan fingerprint density at radius 3 is 2.83 bits per heavy atom. The van der Waals surface area contributed by atoms with Crippen LogP contribution in [0.15, 0.2) is 18.2 Å². The van der Waals surface area contributed by atoms with Gasteiger partial charge in [-0.25, -0.2) is 0 Å². The molecule has 0 saturated heterocycles. The van der Waals surface area contributed by atoms with Crippen LogP contribution in [0.1, 0.15) is 63.0 Å². The minimum absolute atomic E-state index is 0.269. The first-order valence-corrected chi connectivity index (χ1v) is 10.2. The molecule has 23 heavy (non-hydrogen) atoms. The molecule has 1 fully saturated rings. The van der Waals surface area contributed by atoms with Crippen LogP contribution in [0.25, 0.3) is 0 Å². The zero-order valence-electron chi connectivity index (χ0n) is 14.2. The van der Waals surface area contributed by atoms with Crippen LogP contribution < -0.4 is 4.90 Å². The first kappa shape index (κ1) is 17.0. The van der Waals surface area contributed by atoms with Gasteiger partial charge in [-0.15, -0.1) is 0 Å². The summed E-state index contributed by atoms with van der Waals surface area (Å²) < 4.78 is 0. The van der Waals surface area contributed by atoms with Crippen molar-refractivity contribution in [1.82, 2.24) is 0 Å². The number of carbonyl (C=O) groups excluding carboxylic acids is 1. The van der Waals surface area contributed by atoms with Crippen LogP contribution in [0, 0.1) is 5.92 Å². The van der Waals surface area contributed by atoms with Gasteiger partial charge in [0, 0.05) is 23.0 Å². The van der Waals surface area contributed by atoms with Gasteiger partial charge in [0.2, 0.25) is 5.91 Å². The molecule has 0 radical (unpaired) electrons. The molecule has 0 N–H and O–H groups in total. The Bertz CT molecular complexity index is 551. The van der Waals surface area contributed by atoms with Gasteiger partial charge in [-0.1, -0.05) is 60.7 Å². The fraction of sp³-hybridized carbons (Fsp3) is 0.650. The maximum absolute atomic E-state index is 12.8. The molecule has 3 heteroatoms. The number of rotatable bonds is 5. The highest BCUT2D eigenvalue weighted by Crippen LogP contribution is 2.34. The first-order valence-electron chi connectivity index (χ1n) is 9.26. The van der Waals surface area contributed by atoms with E-state index in [2.05, 4.69) is 46.0 Å². The number of carbonyl (C=O) groups is 1. The molecule has 1 aromatic rings.